The topological polar surface area (TPSA) is 41.2 Å². The van der Waals surface area contributed by atoms with E-state index in [1.807, 2.05) is 24.3 Å². The number of rotatable bonds is 3. The fourth-order valence-electron chi connectivity index (χ4n) is 3.58. The second kappa shape index (κ2) is 6.73. The van der Waals surface area contributed by atoms with Gasteiger partial charge >= 0.3 is 0 Å². The van der Waals surface area contributed by atoms with Crippen LogP contribution in [0.5, 0.6) is 11.5 Å². The van der Waals surface area contributed by atoms with Crippen molar-refractivity contribution in [1.82, 2.24) is 5.32 Å². The largest absolute Gasteiger partial charge is 0.488 e. The summed E-state index contributed by atoms with van der Waals surface area (Å²) in [6, 6.07) is 17.3. The van der Waals surface area contributed by atoms with Crippen molar-refractivity contribution in [3.05, 3.63) is 72.0 Å². The second-order valence-electron chi connectivity index (χ2n) is 6.42. The van der Waals surface area contributed by atoms with Crippen LogP contribution < -0.4 is 10.1 Å². The Bertz CT molecular complexity index is 896. The van der Waals surface area contributed by atoms with Crippen molar-refractivity contribution < 1.29 is 14.2 Å². The van der Waals surface area contributed by atoms with Gasteiger partial charge in [-0.15, -0.1) is 0 Å². The number of piperidine rings is 1. The van der Waals surface area contributed by atoms with E-state index in [-0.39, 0.29) is 23.7 Å². The minimum atomic E-state index is -0.315. The monoisotopic (exact) mass is 336 g/mol. The Morgan fingerprint density at radius 3 is 2.80 bits per heavy atom. The van der Waals surface area contributed by atoms with Crippen LogP contribution in [0.2, 0.25) is 0 Å². The van der Waals surface area contributed by atoms with E-state index in [0.29, 0.717) is 5.75 Å². The van der Waals surface area contributed by atoms with Crippen molar-refractivity contribution >= 4 is 10.8 Å². The van der Waals surface area contributed by atoms with Gasteiger partial charge in [0, 0.05) is 6.07 Å². The van der Waals surface area contributed by atoms with Crippen molar-refractivity contribution in [1.29, 1.82) is 0 Å². The van der Waals surface area contributed by atoms with Crippen LogP contribution in [0.15, 0.2) is 60.7 Å². The molecule has 4 rings (SSSR count). The minimum absolute atomic E-state index is 0.00872. The van der Waals surface area contributed by atoms with Crippen LogP contribution in [-0.4, -0.2) is 12.6 Å². The molecule has 4 heteroatoms. The highest BCUT2D eigenvalue weighted by Crippen LogP contribution is 2.35. The summed E-state index contributed by atoms with van der Waals surface area (Å²) in [6.45, 7) is 0.866. The van der Waals surface area contributed by atoms with Gasteiger partial charge < -0.3 is 10.1 Å². The Morgan fingerprint density at radius 2 is 1.92 bits per heavy atom. The Hall–Kier alpha value is -2.59. The highest BCUT2D eigenvalue weighted by Gasteiger charge is 2.29. The molecule has 3 aromatic carbocycles. The third-order valence-corrected chi connectivity index (χ3v) is 4.69. The molecule has 1 saturated heterocycles. The van der Waals surface area contributed by atoms with Crippen molar-refractivity contribution in [2.24, 2.45) is 0 Å². The normalized spacial score (nSPS) is 20.5. The summed E-state index contributed by atoms with van der Waals surface area (Å²) in [5.74, 6) is 0.191. The predicted octanol–water partition coefficient (Wildman–Crippen LogP) is 4.99. The second-order valence-corrected chi connectivity index (χ2v) is 6.42. The van der Waals surface area contributed by atoms with Crippen molar-refractivity contribution in [3.8, 4) is 11.5 Å². The standard InChI is InChI=1S/C21H19FNO2/c22-15-6-3-7-17(12-15)25-20-9-4-10-23-21(20)19-13-16(24)11-14-5-1-2-8-18(14)19/h1-3,5-8,11-13,20-21,23H,4,9-10H2. The van der Waals surface area contributed by atoms with Gasteiger partial charge in [-0.2, -0.15) is 0 Å². The first kappa shape index (κ1) is 15.9. The molecule has 1 fully saturated rings. The zero-order chi connectivity index (χ0) is 17.2. The fraction of sp³-hybridized carbons (Fsp3) is 0.238. The molecule has 2 atom stereocenters. The average molecular weight is 336 g/mol. The first-order valence-electron chi connectivity index (χ1n) is 8.56. The van der Waals surface area contributed by atoms with E-state index >= 15 is 0 Å². The minimum Gasteiger partial charge on any atom is -0.488 e. The molecular weight excluding hydrogens is 317 g/mol. The highest BCUT2D eigenvalue weighted by molar-refractivity contribution is 5.87. The molecule has 1 heterocycles. The molecule has 0 saturated carbocycles. The summed E-state index contributed by atoms with van der Waals surface area (Å²) in [7, 11) is 0. The molecule has 0 spiro atoms. The highest BCUT2D eigenvalue weighted by atomic mass is 19.1. The molecule has 2 unspecified atom stereocenters. The van der Waals surface area contributed by atoms with Gasteiger partial charge in [-0.3, -0.25) is 5.11 Å². The molecule has 0 aromatic heterocycles. The van der Waals surface area contributed by atoms with E-state index in [1.54, 1.807) is 24.3 Å². The molecule has 0 amide bonds. The lowest BCUT2D eigenvalue weighted by molar-refractivity contribution is 0.120. The first-order valence-corrected chi connectivity index (χ1v) is 8.56. The predicted molar refractivity (Wildman–Crippen MR) is 94.9 cm³/mol. The summed E-state index contributed by atoms with van der Waals surface area (Å²) in [5.41, 5.74) is 0.948. The van der Waals surface area contributed by atoms with E-state index in [4.69, 9.17) is 4.74 Å². The van der Waals surface area contributed by atoms with Crippen LogP contribution in [0.3, 0.4) is 0 Å². The number of hydrogen-bond acceptors (Lipinski definition) is 2. The summed E-state index contributed by atoms with van der Waals surface area (Å²) in [6.07, 6.45) is 1.68. The maximum absolute atomic E-state index is 13.5. The molecule has 1 N–H and O–H groups in total. The molecular formula is C21H19FNO2. The van der Waals surface area contributed by atoms with E-state index in [0.717, 1.165) is 35.7 Å². The number of halogens is 1. The lowest BCUT2D eigenvalue weighted by Gasteiger charge is -2.34. The first-order chi connectivity index (χ1) is 12.2. The SMILES string of the molecule is [O]c1cc(C2NCCCC2Oc2cccc(F)c2)c2ccccc2c1. The Balaban J connectivity index is 1.72. The van der Waals surface area contributed by atoms with Crippen molar-refractivity contribution in [2.75, 3.05) is 6.54 Å². The van der Waals surface area contributed by atoms with Gasteiger partial charge in [-0.1, -0.05) is 30.3 Å². The zero-order valence-electron chi connectivity index (χ0n) is 13.7. The van der Waals surface area contributed by atoms with Crippen LogP contribution in [0, 0.1) is 5.82 Å². The average Bonchev–Trinajstić information content (AvgIpc) is 2.61. The van der Waals surface area contributed by atoms with E-state index < -0.39 is 0 Å². The van der Waals surface area contributed by atoms with E-state index in [2.05, 4.69) is 5.32 Å². The number of benzene rings is 3. The lowest BCUT2D eigenvalue weighted by atomic mass is 9.90. The third-order valence-electron chi connectivity index (χ3n) is 4.69. The molecule has 25 heavy (non-hydrogen) atoms. The summed E-state index contributed by atoms with van der Waals surface area (Å²) in [4.78, 5) is 0. The Morgan fingerprint density at radius 1 is 1.04 bits per heavy atom. The number of fused-ring (bicyclic) bond motifs is 1. The molecule has 3 aromatic rings. The molecule has 127 valence electrons. The quantitative estimate of drug-likeness (QED) is 0.731. The molecule has 1 aliphatic heterocycles. The van der Waals surface area contributed by atoms with Crippen LogP contribution in [0.4, 0.5) is 4.39 Å². The van der Waals surface area contributed by atoms with Crippen molar-refractivity contribution in [2.45, 2.75) is 25.0 Å². The van der Waals surface area contributed by atoms with E-state index in [1.165, 1.54) is 12.1 Å². The van der Waals surface area contributed by atoms with Crippen LogP contribution in [0.25, 0.3) is 10.8 Å². The smallest absolute Gasteiger partial charge is 0.179 e. The van der Waals surface area contributed by atoms with Gasteiger partial charge in [0.15, 0.2) is 5.75 Å². The van der Waals surface area contributed by atoms with Gasteiger partial charge in [0.2, 0.25) is 0 Å². The van der Waals surface area contributed by atoms with Gasteiger partial charge in [0.25, 0.3) is 0 Å². The van der Waals surface area contributed by atoms with Crippen LogP contribution in [0.1, 0.15) is 24.4 Å². The van der Waals surface area contributed by atoms with Crippen LogP contribution in [-0.2, 0) is 5.11 Å². The lowest BCUT2D eigenvalue weighted by Crippen LogP contribution is -2.41. The van der Waals surface area contributed by atoms with Crippen LogP contribution >= 0.6 is 0 Å². The summed E-state index contributed by atoms with van der Waals surface area (Å²) >= 11 is 0. The summed E-state index contributed by atoms with van der Waals surface area (Å²) in [5, 5.41) is 17.6. The van der Waals surface area contributed by atoms with Gasteiger partial charge in [-0.25, -0.2) is 4.39 Å². The molecule has 0 aliphatic carbocycles. The molecule has 1 radical (unpaired) electrons. The Kier molecular flexibility index (Phi) is 4.28. The number of hydrogen-bond donors (Lipinski definition) is 1. The van der Waals surface area contributed by atoms with Gasteiger partial charge in [0.1, 0.15) is 17.7 Å². The van der Waals surface area contributed by atoms with Gasteiger partial charge in [-0.05, 0) is 60.0 Å². The van der Waals surface area contributed by atoms with Crippen molar-refractivity contribution in [3.63, 3.8) is 0 Å². The maximum atomic E-state index is 13.5. The van der Waals surface area contributed by atoms with E-state index in [9.17, 15) is 9.50 Å². The summed E-state index contributed by atoms with van der Waals surface area (Å²) < 4.78 is 19.6. The third kappa shape index (κ3) is 3.30. The Labute approximate surface area is 146 Å². The van der Waals surface area contributed by atoms with Gasteiger partial charge in [0.05, 0.1) is 6.04 Å². The maximum Gasteiger partial charge on any atom is 0.179 e. The number of nitrogens with one attached hydrogen (secondary N) is 1. The fourth-order valence-corrected chi connectivity index (χ4v) is 3.58. The zero-order valence-corrected chi connectivity index (χ0v) is 13.7. The number of ether oxygens (including phenoxy) is 1. The molecule has 1 aliphatic rings. The molecule has 3 nitrogen and oxygen atoms in total. The molecule has 0 bridgehead atoms.